The smallest absolute Gasteiger partial charge is 0.387 e. The van der Waals surface area contributed by atoms with E-state index in [1.807, 2.05) is 12.1 Å². The molecule has 3 rings (SSSR count). The molecule has 30 heavy (non-hydrogen) atoms. The third kappa shape index (κ3) is 5.60. The molecule has 0 aliphatic carbocycles. The molecule has 2 aromatic rings. The Morgan fingerprint density at radius 3 is 2.50 bits per heavy atom. The molecule has 0 fully saturated rings. The Bertz CT molecular complexity index is 876. The fraction of sp³-hybridized carbons (Fsp3) is 0.409. The summed E-state index contributed by atoms with van der Waals surface area (Å²) >= 11 is 0. The highest BCUT2D eigenvalue weighted by Crippen LogP contribution is 2.33. The van der Waals surface area contributed by atoms with Crippen LogP contribution in [-0.2, 0) is 24.2 Å². The number of hydrogen-bond acceptors (Lipinski definition) is 5. The van der Waals surface area contributed by atoms with Gasteiger partial charge < -0.3 is 19.5 Å². The van der Waals surface area contributed by atoms with E-state index in [9.17, 15) is 13.6 Å². The Kier molecular flexibility index (Phi) is 7.46. The number of methoxy groups -OCH3 is 2. The van der Waals surface area contributed by atoms with E-state index in [2.05, 4.69) is 15.0 Å². The molecule has 1 N–H and O–H groups in total. The number of alkyl halides is 2. The van der Waals surface area contributed by atoms with Crippen molar-refractivity contribution in [3.8, 4) is 17.2 Å². The molecule has 8 heteroatoms. The molecular formula is C22H26F2N2O4. The largest absolute Gasteiger partial charge is 0.493 e. The molecule has 6 nitrogen and oxygen atoms in total. The number of carbonyl (C=O) groups excluding carboxylic acids is 1. The van der Waals surface area contributed by atoms with Gasteiger partial charge in [-0.2, -0.15) is 8.78 Å². The average molecular weight is 420 g/mol. The number of halogens is 2. The molecule has 0 saturated heterocycles. The number of benzene rings is 2. The number of hydrogen-bond donors (Lipinski definition) is 1. The van der Waals surface area contributed by atoms with Crippen LogP contribution in [0.4, 0.5) is 8.78 Å². The van der Waals surface area contributed by atoms with Crippen LogP contribution in [0.25, 0.3) is 0 Å². The van der Waals surface area contributed by atoms with Gasteiger partial charge in [0, 0.05) is 31.7 Å². The van der Waals surface area contributed by atoms with Crippen LogP contribution in [0.5, 0.6) is 17.2 Å². The standard InChI is InChI=1S/C22H26F2N2O4/c1-28-19-11-15-7-9-26(14-17(15)12-20(19)29-2)10-8-25-21(27)13-16-5-3-4-6-18(16)30-22(23)24/h3-6,11-12,22H,7-10,13-14H2,1-2H3,(H,25,27). The van der Waals surface area contributed by atoms with Crippen LogP contribution < -0.4 is 19.5 Å². The van der Waals surface area contributed by atoms with Gasteiger partial charge in [0.15, 0.2) is 11.5 Å². The van der Waals surface area contributed by atoms with Crippen molar-refractivity contribution >= 4 is 5.91 Å². The zero-order valence-electron chi connectivity index (χ0n) is 17.1. The third-order valence-corrected chi connectivity index (χ3v) is 5.09. The molecule has 1 aliphatic heterocycles. The topological polar surface area (TPSA) is 60.0 Å². The van der Waals surface area contributed by atoms with Gasteiger partial charge in [-0.1, -0.05) is 18.2 Å². The van der Waals surface area contributed by atoms with Crippen molar-refractivity contribution < 1.29 is 27.8 Å². The van der Waals surface area contributed by atoms with Crippen LogP contribution in [0, 0.1) is 0 Å². The number of para-hydroxylation sites is 1. The van der Waals surface area contributed by atoms with Crippen LogP contribution in [0.2, 0.25) is 0 Å². The summed E-state index contributed by atoms with van der Waals surface area (Å²) in [5, 5.41) is 2.86. The first kappa shape index (κ1) is 21.8. The lowest BCUT2D eigenvalue weighted by molar-refractivity contribution is -0.120. The molecule has 0 radical (unpaired) electrons. The molecule has 0 bridgehead atoms. The van der Waals surface area contributed by atoms with Crippen LogP contribution in [0.1, 0.15) is 16.7 Å². The summed E-state index contributed by atoms with van der Waals surface area (Å²) in [5.41, 5.74) is 2.86. The number of nitrogens with zero attached hydrogens (tertiary/aromatic N) is 1. The predicted molar refractivity (Wildman–Crippen MR) is 108 cm³/mol. The van der Waals surface area contributed by atoms with Gasteiger partial charge in [-0.15, -0.1) is 0 Å². The highest BCUT2D eigenvalue weighted by molar-refractivity contribution is 5.79. The molecule has 162 valence electrons. The zero-order chi connectivity index (χ0) is 21.5. The van der Waals surface area contributed by atoms with Gasteiger partial charge in [0.25, 0.3) is 0 Å². The minimum atomic E-state index is -2.92. The molecule has 1 aliphatic rings. The van der Waals surface area contributed by atoms with E-state index >= 15 is 0 Å². The van der Waals surface area contributed by atoms with Crippen molar-refractivity contribution in [2.75, 3.05) is 33.9 Å². The molecular weight excluding hydrogens is 394 g/mol. The summed E-state index contributed by atoms with van der Waals surface area (Å²) in [6, 6.07) is 10.3. The van der Waals surface area contributed by atoms with Gasteiger partial charge in [-0.05, 0) is 35.7 Å². The minimum absolute atomic E-state index is 0.0112. The third-order valence-electron chi connectivity index (χ3n) is 5.09. The van der Waals surface area contributed by atoms with Gasteiger partial charge in [-0.3, -0.25) is 9.69 Å². The lowest BCUT2D eigenvalue weighted by atomic mass is 9.99. The van der Waals surface area contributed by atoms with Crippen LogP contribution in [-0.4, -0.2) is 51.3 Å². The van der Waals surface area contributed by atoms with Crippen LogP contribution >= 0.6 is 0 Å². The van der Waals surface area contributed by atoms with E-state index in [1.54, 1.807) is 32.4 Å². The van der Waals surface area contributed by atoms with E-state index in [0.717, 1.165) is 25.3 Å². The fourth-order valence-electron chi connectivity index (χ4n) is 3.58. The molecule has 0 atom stereocenters. The van der Waals surface area contributed by atoms with E-state index in [4.69, 9.17) is 9.47 Å². The summed E-state index contributed by atoms with van der Waals surface area (Å²) in [7, 11) is 3.24. The average Bonchev–Trinajstić information content (AvgIpc) is 2.73. The van der Waals surface area contributed by atoms with E-state index < -0.39 is 6.61 Å². The van der Waals surface area contributed by atoms with Crippen molar-refractivity contribution in [2.45, 2.75) is 26.0 Å². The maximum absolute atomic E-state index is 12.5. The van der Waals surface area contributed by atoms with Gasteiger partial charge in [0.1, 0.15) is 5.75 Å². The van der Waals surface area contributed by atoms with Crippen molar-refractivity contribution in [1.29, 1.82) is 0 Å². The van der Waals surface area contributed by atoms with Crippen molar-refractivity contribution in [3.63, 3.8) is 0 Å². The summed E-state index contributed by atoms with van der Waals surface area (Å²) in [6.45, 7) is -0.122. The van der Waals surface area contributed by atoms with Gasteiger partial charge >= 0.3 is 6.61 Å². The highest BCUT2D eigenvalue weighted by Gasteiger charge is 2.19. The molecule has 1 amide bonds. The predicted octanol–water partition coefficient (Wildman–Crippen LogP) is 3.02. The van der Waals surface area contributed by atoms with Gasteiger partial charge in [-0.25, -0.2) is 0 Å². The summed E-state index contributed by atoms with van der Waals surface area (Å²) < 4.78 is 40.2. The normalized spacial score (nSPS) is 13.6. The number of fused-ring (bicyclic) bond motifs is 1. The van der Waals surface area contributed by atoms with Crippen LogP contribution in [0.3, 0.4) is 0 Å². The van der Waals surface area contributed by atoms with Crippen molar-refractivity contribution in [3.05, 3.63) is 53.1 Å². The number of rotatable bonds is 9. The summed E-state index contributed by atoms with van der Waals surface area (Å²) in [5.74, 6) is 1.23. The SMILES string of the molecule is COc1cc2c(cc1OC)CN(CCNC(=O)Cc1ccccc1OC(F)F)CC2. The Morgan fingerprint density at radius 2 is 1.80 bits per heavy atom. The Balaban J connectivity index is 1.50. The quantitative estimate of drug-likeness (QED) is 0.676. The second kappa shape index (κ2) is 10.2. The van der Waals surface area contributed by atoms with E-state index in [-0.39, 0.29) is 18.1 Å². The second-order valence-electron chi connectivity index (χ2n) is 7.02. The first-order chi connectivity index (χ1) is 14.5. The lowest BCUT2D eigenvalue weighted by Gasteiger charge is -2.29. The van der Waals surface area contributed by atoms with Gasteiger partial charge in [0.05, 0.1) is 20.6 Å². The number of amides is 1. The Hall–Kier alpha value is -2.87. The van der Waals surface area contributed by atoms with Crippen molar-refractivity contribution in [1.82, 2.24) is 10.2 Å². The number of nitrogens with one attached hydrogen (secondary N) is 1. The summed E-state index contributed by atoms with van der Waals surface area (Å²) in [4.78, 5) is 14.5. The highest BCUT2D eigenvalue weighted by atomic mass is 19.3. The molecule has 0 aromatic heterocycles. The maximum Gasteiger partial charge on any atom is 0.387 e. The van der Waals surface area contributed by atoms with E-state index in [0.29, 0.717) is 24.4 Å². The first-order valence-electron chi connectivity index (χ1n) is 9.75. The molecule has 1 heterocycles. The molecule has 2 aromatic carbocycles. The number of carbonyl (C=O) groups is 1. The molecule has 0 unspecified atom stereocenters. The van der Waals surface area contributed by atoms with Gasteiger partial charge in [0.2, 0.25) is 5.91 Å². The first-order valence-corrected chi connectivity index (χ1v) is 9.75. The lowest BCUT2D eigenvalue weighted by Crippen LogP contribution is -2.38. The maximum atomic E-state index is 12.5. The summed E-state index contributed by atoms with van der Waals surface area (Å²) in [6.07, 6.45) is 0.880. The Labute approximate surface area is 174 Å². The molecule has 0 saturated carbocycles. The zero-order valence-corrected chi connectivity index (χ0v) is 17.1. The van der Waals surface area contributed by atoms with Crippen LogP contribution in [0.15, 0.2) is 36.4 Å². The second-order valence-corrected chi connectivity index (χ2v) is 7.02. The van der Waals surface area contributed by atoms with Crippen molar-refractivity contribution in [2.24, 2.45) is 0 Å². The van der Waals surface area contributed by atoms with E-state index in [1.165, 1.54) is 17.2 Å². The number of ether oxygens (including phenoxy) is 3. The monoisotopic (exact) mass is 420 g/mol. The Morgan fingerprint density at radius 1 is 1.10 bits per heavy atom. The molecule has 0 spiro atoms. The minimum Gasteiger partial charge on any atom is -0.493 e. The fourth-order valence-corrected chi connectivity index (χ4v) is 3.58.